The van der Waals surface area contributed by atoms with E-state index < -0.39 is 0 Å². The summed E-state index contributed by atoms with van der Waals surface area (Å²) >= 11 is 3.41. The summed E-state index contributed by atoms with van der Waals surface area (Å²) in [5, 5.41) is 3.07. The maximum Gasteiger partial charge on any atom is 0.280 e. The van der Waals surface area contributed by atoms with Gasteiger partial charge in [0.15, 0.2) is 0 Å². The van der Waals surface area contributed by atoms with E-state index in [4.69, 9.17) is 0 Å². The quantitative estimate of drug-likeness (QED) is 0.852. The van der Waals surface area contributed by atoms with E-state index in [0.717, 1.165) is 21.4 Å². The van der Waals surface area contributed by atoms with Crippen LogP contribution in [0.5, 0.6) is 0 Å². The minimum absolute atomic E-state index is 0.0801. The van der Waals surface area contributed by atoms with Gasteiger partial charge in [-0.2, -0.15) is 0 Å². The molecule has 0 bridgehead atoms. The normalized spacial score (nSPS) is 11.3. The van der Waals surface area contributed by atoms with E-state index in [-0.39, 0.29) is 5.56 Å². The van der Waals surface area contributed by atoms with E-state index in [0.29, 0.717) is 5.56 Å². The third kappa shape index (κ3) is 2.18. The molecule has 94 valence electrons. The average Bonchev–Trinajstić information content (AvgIpc) is 2.58. The number of nitrogens with one attached hydrogen (secondary N) is 1. The first-order valence-corrected chi connectivity index (χ1v) is 6.34. The summed E-state index contributed by atoms with van der Waals surface area (Å²) in [6.07, 6.45) is 1.58. The standard InChI is InChI=1S/C13H14BrN3O/c1-8-6-10(14)4-5-12(8)17-13(18)11(7-15-3)9(2)16-17/h4-7,16H,1-3H3. The molecular weight excluding hydrogens is 294 g/mol. The summed E-state index contributed by atoms with van der Waals surface area (Å²) in [6, 6.07) is 5.80. The number of H-pyrrole nitrogens is 1. The summed E-state index contributed by atoms with van der Waals surface area (Å²) in [4.78, 5) is 16.2. The highest BCUT2D eigenvalue weighted by Crippen LogP contribution is 2.18. The van der Waals surface area contributed by atoms with Crippen molar-refractivity contribution in [2.45, 2.75) is 13.8 Å². The molecule has 0 aliphatic rings. The van der Waals surface area contributed by atoms with Gasteiger partial charge in [-0.3, -0.25) is 14.9 Å². The van der Waals surface area contributed by atoms with Crippen LogP contribution >= 0.6 is 15.9 Å². The fraction of sp³-hybridized carbons (Fsp3) is 0.231. The summed E-state index contributed by atoms with van der Waals surface area (Å²) < 4.78 is 2.55. The van der Waals surface area contributed by atoms with Crippen LogP contribution in [0, 0.1) is 13.8 Å². The van der Waals surface area contributed by atoms with Crippen molar-refractivity contribution in [3.63, 3.8) is 0 Å². The van der Waals surface area contributed by atoms with Crippen molar-refractivity contribution in [2.24, 2.45) is 4.99 Å². The number of aryl methyl sites for hydroxylation is 2. The van der Waals surface area contributed by atoms with Crippen molar-refractivity contribution in [2.75, 3.05) is 7.05 Å². The maximum absolute atomic E-state index is 12.2. The van der Waals surface area contributed by atoms with E-state index in [2.05, 4.69) is 26.0 Å². The molecule has 1 heterocycles. The summed E-state index contributed by atoms with van der Waals surface area (Å²) in [5.41, 5.74) is 3.20. The lowest BCUT2D eigenvalue weighted by atomic mass is 10.2. The Morgan fingerprint density at radius 2 is 2.11 bits per heavy atom. The molecule has 0 aliphatic carbocycles. The average molecular weight is 308 g/mol. The molecule has 1 aromatic heterocycles. The number of halogens is 1. The van der Waals surface area contributed by atoms with Crippen molar-refractivity contribution < 1.29 is 0 Å². The van der Waals surface area contributed by atoms with E-state index in [1.807, 2.05) is 32.0 Å². The lowest BCUT2D eigenvalue weighted by molar-refractivity contribution is 0.828. The zero-order valence-corrected chi connectivity index (χ0v) is 12.1. The summed E-state index contributed by atoms with van der Waals surface area (Å²) in [7, 11) is 1.65. The van der Waals surface area contributed by atoms with E-state index in [1.165, 1.54) is 0 Å². The Morgan fingerprint density at radius 3 is 2.72 bits per heavy atom. The fourth-order valence-electron chi connectivity index (χ4n) is 1.88. The van der Waals surface area contributed by atoms with Crippen LogP contribution in [0.1, 0.15) is 16.8 Å². The van der Waals surface area contributed by atoms with Crippen molar-refractivity contribution >= 4 is 22.1 Å². The Balaban J connectivity index is 2.65. The third-order valence-electron chi connectivity index (χ3n) is 2.77. The predicted octanol–water partition coefficient (Wildman–Crippen LogP) is 2.59. The molecule has 0 saturated carbocycles. The highest BCUT2D eigenvalue weighted by atomic mass is 79.9. The molecule has 0 fully saturated rings. The Bertz CT molecular complexity index is 667. The molecule has 2 rings (SSSR count). The topological polar surface area (TPSA) is 50.1 Å². The molecule has 5 heteroatoms. The lowest BCUT2D eigenvalue weighted by Gasteiger charge is -2.06. The number of aromatic amines is 1. The number of rotatable bonds is 2. The SMILES string of the molecule is CN=Cc1c(C)[nH]n(-c2ccc(Br)cc2C)c1=O. The first-order chi connectivity index (χ1) is 8.54. The first-order valence-electron chi connectivity index (χ1n) is 5.55. The molecule has 4 nitrogen and oxygen atoms in total. The molecule has 18 heavy (non-hydrogen) atoms. The molecule has 1 N–H and O–H groups in total. The number of hydrogen-bond acceptors (Lipinski definition) is 2. The van der Waals surface area contributed by atoms with Crippen LogP contribution in [0.3, 0.4) is 0 Å². The predicted molar refractivity (Wildman–Crippen MR) is 77.1 cm³/mol. The minimum Gasteiger partial charge on any atom is -0.296 e. The second-order valence-electron chi connectivity index (χ2n) is 4.11. The van der Waals surface area contributed by atoms with Crippen molar-refractivity contribution in [3.05, 3.63) is 49.8 Å². The second kappa shape index (κ2) is 4.94. The third-order valence-corrected chi connectivity index (χ3v) is 3.27. The lowest BCUT2D eigenvalue weighted by Crippen LogP contribution is -2.18. The number of aliphatic imine (C=N–C) groups is 1. The van der Waals surface area contributed by atoms with Gasteiger partial charge >= 0.3 is 0 Å². The van der Waals surface area contributed by atoms with Crippen molar-refractivity contribution in [1.82, 2.24) is 9.78 Å². The van der Waals surface area contributed by atoms with Crippen molar-refractivity contribution in [1.29, 1.82) is 0 Å². The van der Waals surface area contributed by atoms with Gasteiger partial charge < -0.3 is 0 Å². The Kier molecular flexibility index (Phi) is 3.52. The van der Waals surface area contributed by atoms with Gasteiger partial charge in [0.1, 0.15) is 0 Å². The van der Waals surface area contributed by atoms with Crippen LogP contribution in [-0.4, -0.2) is 23.0 Å². The molecule has 0 atom stereocenters. The number of aromatic nitrogens is 2. The second-order valence-corrected chi connectivity index (χ2v) is 5.02. The largest absolute Gasteiger partial charge is 0.296 e. The van der Waals surface area contributed by atoms with Gasteiger partial charge in [0, 0.05) is 23.4 Å². The Morgan fingerprint density at radius 1 is 1.39 bits per heavy atom. The monoisotopic (exact) mass is 307 g/mol. The first kappa shape index (κ1) is 12.8. The Labute approximate surface area is 113 Å². The van der Waals surface area contributed by atoms with Crippen molar-refractivity contribution in [3.8, 4) is 5.69 Å². The molecule has 0 radical (unpaired) electrons. The maximum atomic E-state index is 12.2. The highest BCUT2D eigenvalue weighted by molar-refractivity contribution is 9.10. The van der Waals surface area contributed by atoms with Gasteiger partial charge in [-0.25, -0.2) is 4.68 Å². The van der Waals surface area contributed by atoms with Crippen LogP contribution < -0.4 is 5.56 Å². The number of nitrogens with zero attached hydrogens (tertiary/aromatic N) is 2. The molecule has 0 unspecified atom stereocenters. The van der Waals surface area contributed by atoms with Crippen LogP contribution in [0.4, 0.5) is 0 Å². The van der Waals surface area contributed by atoms with Gasteiger partial charge in [0.2, 0.25) is 0 Å². The number of hydrogen-bond donors (Lipinski definition) is 1. The molecule has 1 aromatic carbocycles. The highest BCUT2D eigenvalue weighted by Gasteiger charge is 2.11. The zero-order chi connectivity index (χ0) is 13.3. The van der Waals surface area contributed by atoms with Gasteiger partial charge in [-0.05, 0) is 37.6 Å². The van der Waals surface area contributed by atoms with Crippen LogP contribution in [-0.2, 0) is 0 Å². The summed E-state index contributed by atoms with van der Waals surface area (Å²) in [6.45, 7) is 3.83. The van der Waals surface area contributed by atoms with Gasteiger partial charge in [-0.15, -0.1) is 0 Å². The molecular formula is C13H14BrN3O. The molecule has 0 aliphatic heterocycles. The summed E-state index contributed by atoms with van der Waals surface area (Å²) in [5.74, 6) is 0. The van der Waals surface area contributed by atoms with E-state index in [1.54, 1.807) is 17.9 Å². The zero-order valence-electron chi connectivity index (χ0n) is 10.5. The van der Waals surface area contributed by atoms with Crippen LogP contribution in [0.2, 0.25) is 0 Å². The fourth-order valence-corrected chi connectivity index (χ4v) is 2.36. The van der Waals surface area contributed by atoms with Gasteiger partial charge in [0.25, 0.3) is 5.56 Å². The molecule has 0 spiro atoms. The smallest absolute Gasteiger partial charge is 0.280 e. The molecule has 0 amide bonds. The van der Waals surface area contributed by atoms with Gasteiger partial charge in [0.05, 0.1) is 11.3 Å². The van der Waals surface area contributed by atoms with E-state index >= 15 is 0 Å². The molecule has 0 saturated heterocycles. The molecule has 2 aromatic rings. The van der Waals surface area contributed by atoms with Gasteiger partial charge in [-0.1, -0.05) is 15.9 Å². The van der Waals surface area contributed by atoms with E-state index in [9.17, 15) is 4.79 Å². The Hall–Kier alpha value is -1.62. The van der Waals surface area contributed by atoms with Crippen LogP contribution in [0.25, 0.3) is 5.69 Å². The van der Waals surface area contributed by atoms with Crippen LogP contribution in [0.15, 0.2) is 32.5 Å². The minimum atomic E-state index is -0.0801. The number of benzene rings is 1.